The van der Waals surface area contributed by atoms with E-state index in [9.17, 15) is 19.8 Å². The maximum atomic E-state index is 13.2. The van der Waals surface area contributed by atoms with Gasteiger partial charge >= 0.3 is 12.2 Å². The van der Waals surface area contributed by atoms with Crippen LogP contribution in [0, 0.1) is 11.3 Å². The van der Waals surface area contributed by atoms with E-state index in [0.717, 1.165) is 10.4 Å². The molecule has 0 radical (unpaired) electrons. The van der Waals surface area contributed by atoms with E-state index in [0.29, 0.717) is 6.54 Å². The Bertz CT molecular complexity index is 868. The number of amides is 2. The Morgan fingerprint density at radius 3 is 2.39 bits per heavy atom. The molecule has 2 aromatic rings. The molecule has 182 valence electrons. The van der Waals surface area contributed by atoms with Gasteiger partial charge in [0.15, 0.2) is 0 Å². The number of carboxylic acid groups (broad SMARTS) is 1. The van der Waals surface area contributed by atoms with Crippen LogP contribution in [-0.2, 0) is 17.8 Å². The number of nitrogens with one attached hydrogen (secondary N) is 1. The molecule has 2 rings (SSSR count). The van der Waals surface area contributed by atoms with Gasteiger partial charge in [-0.05, 0) is 23.3 Å². The first-order valence-corrected chi connectivity index (χ1v) is 11.9. The molecular formula is C24H35N3O5S. The van der Waals surface area contributed by atoms with Gasteiger partial charge in [0.25, 0.3) is 0 Å². The lowest BCUT2D eigenvalue weighted by Gasteiger charge is -2.45. The molecule has 3 atom stereocenters. The molecule has 1 heterocycles. The van der Waals surface area contributed by atoms with E-state index >= 15 is 0 Å². The number of aliphatic hydroxyl groups is 1. The standard InChI is InChI=1S/C24H35N3O5S/c1-16(2)13-27(23(31)32-14-18-12-25-15-33-18)21(24(3,4)5)20(28)19(26-22(29)30)11-17-9-7-6-8-10-17/h6-10,12,15-16,19-21,26,28H,11,13-14H2,1-5H3,(H,29,30)/t19-,20+,21?/m0/s1. The van der Waals surface area contributed by atoms with Gasteiger partial charge in [-0.2, -0.15) is 0 Å². The van der Waals surface area contributed by atoms with Crippen molar-refractivity contribution in [3.8, 4) is 0 Å². The van der Waals surface area contributed by atoms with Crippen LogP contribution in [0.15, 0.2) is 42.0 Å². The summed E-state index contributed by atoms with van der Waals surface area (Å²) in [5, 5.41) is 23.4. The second-order valence-electron chi connectivity index (χ2n) is 9.62. The molecule has 8 nitrogen and oxygen atoms in total. The molecule has 0 bridgehead atoms. The van der Waals surface area contributed by atoms with Crippen LogP contribution in [0.3, 0.4) is 0 Å². The van der Waals surface area contributed by atoms with E-state index in [2.05, 4.69) is 10.3 Å². The minimum atomic E-state index is -1.23. The highest BCUT2D eigenvalue weighted by molar-refractivity contribution is 7.09. The van der Waals surface area contributed by atoms with Crippen molar-refractivity contribution in [3.05, 3.63) is 52.5 Å². The van der Waals surface area contributed by atoms with Crippen molar-refractivity contribution in [3.63, 3.8) is 0 Å². The summed E-state index contributed by atoms with van der Waals surface area (Å²) in [4.78, 5) is 31.1. The Balaban J connectivity index is 2.35. The van der Waals surface area contributed by atoms with E-state index < -0.39 is 35.8 Å². The summed E-state index contributed by atoms with van der Waals surface area (Å²) in [6, 6.07) is 7.84. The predicted octanol–water partition coefficient (Wildman–Crippen LogP) is 4.39. The van der Waals surface area contributed by atoms with Crippen LogP contribution >= 0.6 is 11.3 Å². The third-order valence-electron chi connectivity index (χ3n) is 5.18. The Hall–Kier alpha value is -2.65. The molecule has 0 aliphatic heterocycles. The predicted molar refractivity (Wildman–Crippen MR) is 128 cm³/mol. The molecule has 2 amide bonds. The second kappa shape index (κ2) is 12.0. The van der Waals surface area contributed by atoms with Crippen LogP contribution in [0.2, 0.25) is 0 Å². The molecule has 3 N–H and O–H groups in total. The van der Waals surface area contributed by atoms with Gasteiger partial charge in [0.2, 0.25) is 0 Å². The Labute approximate surface area is 199 Å². The van der Waals surface area contributed by atoms with Crippen molar-refractivity contribution < 1.29 is 24.5 Å². The SMILES string of the molecule is CC(C)CN(C(=O)OCc1cncs1)C([C@H](O)[C@H](Cc1ccccc1)NC(=O)O)C(C)(C)C. The van der Waals surface area contributed by atoms with E-state index in [1.165, 1.54) is 16.2 Å². The molecule has 0 aliphatic rings. The number of benzene rings is 1. The van der Waals surface area contributed by atoms with E-state index in [4.69, 9.17) is 4.74 Å². The van der Waals surface area contributed by atoms with Crippen molar-refractivity contribution in [2.24, 2.45) is 11.3 Å². The first kappa shape index (κ1) is 26.6. The van der Waals surface area contributed by atoms with Gasteiger partial charge in [0, 0.05) is 12.7 Å². The molecule has 33 heavy (non-hydrogen) atoms. The minimum absolute atomic E-state index is 0.0892. The van der Waals surface area contributed by atoms with Gasteiger partial charge in [-0.25, -0.2) is 9.59 Å². The lowest BCUT2D eigenvalue weighted by atomic mass is 9.78. The number of rotatable bonds is 10. The summed E-state index contributed by atoms with van der Waals surface area (Å²) in [6.45, 7) is 10.2. The monoisotopic (exact) mass is 477 g/mol. The number of nitrogens with zero attached hydrogens (tertiary/aromatic N) is 2. The number of hydrogen-bond donors (Lipinski definition) is 3. The molecule has 9 heteroatoms. The Kier molecular flexibility index (Phi) is 9.67. The quantitative estimate of drug-likeness (QED) is 0.468. The van der Waals surface area contributed by atoms with Gasteiger partial charge in [0.1, 0.15) is 6.61 Å². The normalized spacial score (nSPS) is 14.4. The van der Waals surface area contributed by atoms with Crippen molar-refractivity contribution in [1.82, 2.24) is 15.2 Å². The summed E-state index contributed by atoms with van der Waals surface area (Å²) in [5.41, 5.74) is 1.99. The van der Waals surface area contributed by atoms with Gasteiger partial charge in [-0.1, -0.05) is 65.0 Å². The lowest BCUT2D eigenvalue weighted by molar-refractivity contribution is -0.0314. The van der Waals surface area contributed by atoms with E-state index in [1.54, 1.807) is 11.7 Å². The zero-order valence-corrected chi connectivity index (χ0v) is 20.7. The lowest BCUT2D eigenvalue weighted by Crippen LogP contribution is -2.61. The van der Waals surface area contributed by atoms with E-state index in [-0.39, 0.29) is 18.9 Å². The molecule has 0 spiro atoms. The molecule has 1 aromatic carbocycles. The largest absolute Gasteiger partial charge is 0.465 e. The summed E-state index contributed by atoms with van der Waals surface area (Å²) in [5.74, 6) is 0.109. The molecule has 0 fully saturated rings. The Morgan fingerprint density at radius 2 is 1.88 bits per heavy atom. The van der Waals surface area contributed by atoms with Crippen molar-refractivity contribution in [2.75, 3.05) is 6.54 Å². The first-order valence-electron chi connectivity index (χ1n) is 11.0. The van der Waals surface area contributed by atoms with Gasteiger partial charge in [0.05, 0.1) is 28.6 Å². The van der Waals surface area contributed by atoms with Crippen LogP contribution in [0.25, 0.3) is 0 Å². The number of thiazole rings is 1. The summed E-state index contributed by atoms with van der Waals surface area (Å²) < 4.78 is 5.56. The molecule has 0 saturated heterocycles. The number of aromatic nitrogens is 1. The highest BCUT2D eigenvalue weighted by Gasteiger charge is 2.43. The smallest absolute Gasteiger partial charge is 0.410 e. The van der Waals surface area contributed by atoms with Crippen LogP contribution in [0.4, 0.5) is 9.59 Å². The number of carbonyl (C=O) groups is 2. The molecule has 1 unspecified atom stereocenters. The zero-order chi connectivity index (χ0) is 24.6. The number of aliphatic hydroxyl groups excluding tert-OH is 1. The third kappa shape index (κ3) is 8.33. The highest BCUT2D eigenvalue weighted by Crippen LogP contribution is 2.31. The zero-order valence-electron chi connectivity index (χ0n) is 19.9. The molecule has 1 aromatic heterocycles. The Morgan fingerprint density at radius 1 is 1.21 bits per heavy atom. The van der Waals surface area contributed by atoms with Crippen LogP contribution < -0.4 is 5.32 Å². The average molecular weight is 478 g/mol. The summed E-state index contributed by atoms with van der Waals surface area (Å²) in [7, 11) is 0. The van der Waals surface area contributed by atoms with Crippen molar-refractivity contribution in [1.29, 1.82) is 0 Å². The maximum absolute atomic E-state index is 13.2. The fraction of sp³-hybridized carbons (Fsp3) is 0.542. The topological polar surface area (TPSA) is 112 Å². The van der Waals surface area contributed by atoms with Gasteiger partial charge in [-0.15, -0.1) is 11.3 Å². The van der Waals surface area contributed by atoms with Crippen molar-refractivity contribution in [2.45, 2.75) is 65.8 Å². The minimum Gasteiger partial charge on any atom is -0.465 e. The van der Waals surface area contributed by atoms with Crippen LogP contribution in [-0.4, -0.2) is 57.0 Å². The third-order valence-corrected chi connectivity index (χ3v) is 5.94. The number of hydrogen-bond acceptors (Lipinski definition) is 6. The van der Waals surface area contributed by atoms with Gasteiger partial charge < -0.3 is 25.2 Å². The fourth-order valence-corrected chi connectivity index (χ4v) is 4.40. The fourth-order valence-electron chi connectivity index (χ4n) is 3.89. The number of ether oxygens (including phenoxy) is 1. The second-order valence-corrected chi connectivity index (χ2v) is 10.6. The van der Waals surface area contributed by atoms with Crippen molar-refractivity contribution >= 4 is 23.5 Å². The summed E-state index contributed by atoms with van der Waals surface area (Å²) >= 11 is 1.39. The van der Waals surface area contributed by atoms with Gasteiger partial charge in [-0.3, -0.25) is 4.98 Å². The van der Waals surface area contributed by atoms with E-state index in [1.807, 2.05) is 65.0 Å². The average Bonchev–Trinajstić information content (AvgIpc) is 3.23. The molecule has 0 saturated carbocycles. The maximum Gasteiger partial charge on any atom is 0.410 e. The molecule has 0 aliphatic carbocycles. The highest BCUT2D eigenvalue weighted by atomic mass is 32.1. The number of carbonyl (C=O) groups excluding carboxylic acids is 1. The first-order chi connectivity index (χ1) is 15.5. The molecular weight excluding hydrogens is 442 g/mol. The summed E-state index contributed by atoms with van der Waals surface area (Å²) in [6.07, 6.45) is -1.02. The van der Waals surface area contributed by atoms with Crippen LogP contribution in [0.5, 0.6) is 0 Å². The van der Waals surface area contributed by atoms with Crippen LogP contribution in [0.1, 0.15) is 45.1 Å².